The lowest BCUT2D eigenvalue weighted by Gasteiger charge is -2.34. The number of piperidine rings is 1. The van der Waals surface area contributed by atoms with Gasteiger partial charge in [0.15, 0.2) is 0 Å². The van der Waals surface area contributed by atoms with Crippen LogP contribution in [0.1, 0.15) is 36.6 Å². The maximum absolute atomic E-state index is 11.9. The van der Waals surface area contributed by atoms with Crippen molar-refractivity contribution in [1.29, 1.82) is 0 Å². The molecule has 22 heavy (non-hydrogen) atoms. The average molecular weight is 298 g/mol. The van der Waals surface area contributed by atoms with Gasteiger partial charge in [-0.25, -0.2) is 4.98 Å². The molecule has 116 valence electrons. The summed E-state index contributed by atoms with van der Waals surface area (Å²) in [5.74, 6) is 1.67. The molecule has 1 aromatic heterocycles. The molecule has 0 aliphatic carbocycles. The lowest BCUT2D eigenvalue weighted by molar-refractivity contribution is -0.124. The fourth-order valence-electron chi connectivity index (χ4n) is 3.78. The van der Waals surface area contributed by atoms with Crippen LogP contribution < -0.4 is 5.32 Å². The number of likely N-dealkylation sites (tertiary alicyclic amines) is 1. The molecule has 2 aliphatic rings. The highest BCUT2D eigenvalue weighted by Gasteiger charge is 2.34. The molecule has 2 N–H and O–H groups in total. The number of benzene rings is 1. The Morgan fingerprint density at radius 2 is 2.23 bits per heavy atom. The van der Waals surface area contributed by atoms with Crippen LogP contribution in [0.4, 0.5) is 0 Å². The molecule has 0 radical (unpaired) electrons. The molecule has 2 saturated heterocycles. The molecule has 0 saturated carbocycles. The molecule has 0 unspecified atom stereocenters. The monoisotopic (exact) mass is 298 g/mol. The minimum absolute atomic E-state index is 0.0643. The number of aromatic amines is 1. The van der Waals surface area contributed by atoms with Gasteiger partial charge in [0.25, 0.3) is 0 Å². The van der Waals surface area contributed by atoms with E-state index in [9.17, 15) is 4.79 Å². The van der Waals surface area contributed by atoms with Crippen LogP contribution in [0, 0.1) is 6.92 Å². The summed E-state index contributed by atoms with van der Waals surface area (Å²) in [5.41, 5.74) is 3.40. The fraction of sp³-hybridized carbons (Fsp3) is 0.529. The van der Waals surface area contributed by atoms with Crippen LogP contribution in [-0.2, 0) is 4.79 Å². The van der Waals surface area contributed by atoms with E-state index in [0.717, 1.165) is 55.8 Å². The molecule has 4 rings (SSSR count). The third-order valence-electron chi connectivity index (χ3n) is 4.96. The van der Waals surface area contributed by atoms with Crippen LogP contribution in [0.2, 0.25) is 0 Å². The van der Waals surface area contributed by atoms with E-state index in [1.165, 1.54) is 5.56 Å². The summed E-state index contributed by atoms with van der Waals surface area (Å²) in [7, 11) is 0. The van der Waals surface area contributed by atoms with Gasteiger partial charge in [-0.15, -0.1) is 0 Å². The van der Waals surface area contributed by atoms with Crippen molar-refractivity contribution >= 4 is 16.9 Å². The van der Waals surface area contributed by atoms with E-state index < -0.39 is 0 Å². The molecule has 3 heterocycles. The molecule has 0 spiro atoms. The number of aromatic nitrogens is 2. The SMILES string of the molecule is Cc1ccc2nc([C@@H]3CCCN([C@H]4CCNC4=O)C3)[nH]c2c1. The summed E-state index contributed by atoms with van der Waals surface area (Å²) in [5, 5.41) is 2.95. The first-order chi connectivity index (χ1) is 10.7. The number of imidazole rings is 1. The number of hydrogen-bond donors (Lipinski definition) is 2. The van der Waals surface area contributed by atoms with E-state index in [-0.39, 0.29) is 11.9 Å². The van der Waals surface area contributed by atoms with Gasteiger partial charge in [0, 0.05) is 19.0 Å². The van der Waals surface area contributed by atoms with Gasteiger partial charge < -0.3 is 10.3 Å². The minimum atomic E-state index is 0.0643. The van der Waals surface area contributed by atoms with Crippen molar-refractivity contribution in [2.24, 2.45) is 0 Å². The van der Waals surface area contributed by atoms with Gasteiger partial charge in [-0.2, -0.15) is 0 Å². The molecular weight excluding hydrogens is 276 g/mol. The van der Waals surface area contributed by atoms with Gasteiger partial charge in [0.2, 0.25) is 5.91 Å². The van der Waals surface area contributed by atoms with E-state index in [1.807, 2.05) is 0 Å². The highest BCUT2D eigenvalue weighted by molar-refractivity contribution is 5.83. The van der Waals surface area contributed by atoms with Crippen LogP contribution >= 0.6 is 0 Å². The van der Waals surface area contributed by atoms with Gasteiger partial charge >= 0.3 is 0 Å². The molecule has 2 atom stereocenters. The number of amides is 1. The predicted molar refractivity (Wildman–Crippen MR) is 85.8 cm³/mol. The highest BCUT2D eigenvalue weighted by atomic mass is 16.2. The highest BCUT2D eigenvalue weighted by Crippen LogP contribution is 2.29. The molecule has 2 aliphatic heterocycles. The predicted octanol–water partition coefficient (Wildman–Crippen LogP) is 1.94. The van der Waals surface area contributed by atoms with E-state index in [1.54, 1.807) is 0 Å². The van der Waals surface area contributed by atoms with Gasteiger partial charge in [-0.05, 0) is 50.4 Å². The standard InChI is InChI=1S/C17H22N4O/c1-11-4-5-13-14(9-11)20-16(19-13)12-3-2-8-21(10-12)15-6-7-18-17(15)22/h4-5,9,12,15H,2-3,6-8,10H2,1H3,(H,18,22)(H,19,20)/t12-,15+/m1/s1. The number of fused-ring (bicyclic) bond motifs is 1. The first-order valence-electron chi connectivity index (χ1n) is 8.19. The minimum Gasteiger partial charge on any atom is -0.355 e. The molecule has 0 bridgehead atoms. The van der Waals surface area contributed by atoms with Crippen LogP contribution in [0.25, 0.3) is 11.0 Å². The molecular formula is C17H22N4O. The Kier molecular flexibility index (Phi) is 3.37. The number of H-pyrrole nitrogens is 1. The first-order valence-corrected chi connectivity index (χ1v) is 8.19. The van der Waals surface area contributed by atoms with Crippen molar-refractivity contribution in [2.45, 2.75) is 38.1 Å². The third kappa shape index (κ3) is 2.39. The maximum Gasteiger partial charge on any atom is 0.237 e. The van der Waals surface area contributed by atoms with Crippen molar-refractivity contribution in [3.8, 4) is 0 Å². The molecule has 5 nitrogen and oxygen atoms in total. The number of carbonyl (C=O) groups excluding carboxylic acids is 1. The zero-order valence-electron chi connectivity index (χ0n) is 12.9. The Balaban J connectivity index is 1.56. The molecule has 1 amide bonds. The Labute approximate surface area is 130 Å². The second-order valence-corrected chi connectivity index (χ2v) is 6.57. The lowest BCUT2D eigenvalue weighted by Crippen LogP contribution is -2.45. The summed E-state index contributed by atoms with van der Waals surface area (Å²) in [6.07, 6.45) is 3.21. The fourth-order valence-corrected chi connectivity index (χ4v) is 3.78. The Morgan fingerprint density at radius 1 is 1.32 bits per heavy atom. The van der Waals surface area contributed by atoms with E-state index in [0.29, 0.717) is 5.92 Å². The van der Waals surface area contributed by atoms with Crippen molar-refractivity contribution in [3.05, 3.63) is 29.6 Å². The van der Waals surface area contributed by atoms with E-state index in [2.05, 4.69) is 40.3 Å². The van der Waals surface area contributed by atoms with Crippen molar-refractivity contribution in [1.82, 2.24) is 20.2 Å². The summed E-state index contributed by atoms with van der Waals surface area (Å²) in [6, 6.07) is 6.39. The van der Waals surface area contributed by atoms with Gasteiger partial charge in [-0.1, -0.05) is 6.07 Å². The topological polar surface area (TPSA) is 61.0 Å². The second kappa shape index (κ2) is 5.39. The van der Waals surface area contributed by atoms with Crippen LogP contribution in [0.15, 0.2) is 18.2 Å². The summed E-state index contributed by atoms with van der Waals surface area (Å²) >= 11 is 0. The van der Waals surface area contributed by atoms with E-state index >= 15 is 0 Å². The number of nitrogens with zero attached hydrogens (tertiary/aromatic N) is 2. The van der Waals surface area contributed by atoms with Crippen LogP contribution in [-0.4, -0.2) is 46.5 Å². The second-order valence-electron chi connectivity index (χ2n) is 6.57. The summed E-state index contributed by atoms with van der Waals surface area (Å²) in [4.78, 5) is 22.5. The molecule has 2 fully saturated rings. The van der Waals surface area contributed by atoms with Crippen molar-refractivity contribution in [3.63, 3.8) is 0 Å². The zero-order valence-corrected chi connectivity index (χ0v) is 12.9. The van der Waals surface area contributed by atoms with Gasteiger partial charge in [0.05, 0.1) is 17.1 Å². The third-order valence-corrected chi connectivity index (χ3v) is 4.96. The molecule has 2 aromatic rings. The van der Waals surface area contributed by atoms with Crippen LogP contribution in [0.3, 0.4) is 0 Å². The van der Waals surface area contributed by atoms with Gasteiger partial charge in [-0.3, -0.25) is 9.69 Å². The Morgan fingerprint density at radius 3 is 3.05 bits per heavy atom. The molecule has 1 aromatic carbocycles. The largest absolute Gasteiger partial charge is 0.355 e. The van der Waals surface area contributed by atoms with Crippen molar-refractivity contribution in [2.75, 3.05) is 19.6 Å². The smallest absolute Gasteiger partial charge is 0.237 e. The number of aryl methyl sites for hydroxylation is 1. The van der Waals surface area contributed by atoms with Crippen LogP contribution in [0.5, 0.6) is 0 Å². The Bertz CT molecular complexity index is 708. The van der Waals surface area contributed by atoms with Gasteiger partial charge in [0.1, 0.15) is 5.82 Å². The average Bonchev–Trinajstić information content (AvgIpc) is 3.13. The number of nitrogens with one attached hydrogen (secondary N) is 2. The number of rotatable bonds is 2. The summed E-state index contributed by atoms with van der Waals surface area (Å²) in [6.45, 7) is 4.86. The van der Waals surface area contributed by atoms with E-state index in [4.69, 9.17) is 4.98 Å². The Hall–Kier alpha value is -1.88. The number of carbonyl (C=O) groups is 1. The molecule has 5 heteroatoms. The first kappa shape index (κ1) is 13.8. The zero-order chi connectivity index (χ0) is 15.1. The lowest BCUT2D eigenvalue weighted by atomic mass is 9.95. The maximum atomic E-state index is 11.9. The summed E-state index contributed by atoms with van der Waals surface area (Å²) < 4.78 is 0. The normalized spacial score (nSPS) is 26.5. The quantitative estimate of drug-likeness (QED) is 0.890. The number of hydrogen-bond acceptors (Lipinski definition) is 3. The van der Waals surface area contributed by atoms with Crippen molar-refractivity contribution < 1.29 is 4.79 Å².